The van der Waals surface area contributed by atoms with Crippen molar-refractivity contribution < 1.29 is 4.79 Å². The summed E-state index contributed by atoms with van der Waals surface area (Å²) in [6, 6.07) is 49.4. The number of fused-ring (bicyclic) bond motifs is 8. The van der Waals surface area contributed by atoms with Crippen LogP contribution in [0.15, 0.2) is 170 Å². The molecule has 0 saturated heterocycles. The average Bonchev–Trinajstić information content (AvgIpc) is 3.83. The van der Waals surface area contributed by atoms with Gasteiger partial charge in [-0.15, -0.1) is 0 Å². The van der Waals surface area contributed by atoms with Crippen LogP contribution in [0.4, 0.5) is 11.4 Å². The highest BCUT2D eigenvalue weighted by molar-refractivity contribution is 6.07. The first-order valence-electron chi connectivity index (χ1n) is 19.4. The lowest BCUT2D eigenvalue weighted by atomic mass is 9.71. The summed E-state index contributed by atoms with van der Waals surface area (Å²) >= 11 is 0. The Kier molecular flexibility index (Phi) is 7.35. The van der Waals surface area contributed by atoms with E-state index in [0.29, 0.717) is 23.0 Å². The summed E-state index contributed by atoms with van der Waals surface area (Å²) in [5.41, 5.74) is 10.9. The Morgan fingerprint density at radius 2 is 1.25 bits per heavy atom. The molecule has 2 aromatic heterocycles. The Labute approximate surface area is 330 Å². The van der Waals surface area contributed by atoms with Crippen LogP contribution in [0.25, 0.3) is 45.2 Å². The maximum absolute atomic E-state index is 14.8. The molecule has 3 unspecified atom stereocenters. The lowest BCUT2D eigenvalue weighted by molar-refractivity contribution is 0.0949. The smallest absolute Gasteiger partial charge is 0.264 e. The van der Waals surface area contributed by atoms with E-state index in [1.807, 2.05) is 83.4 Å². The standard InChI is InChI=1S/C50H36N6O/c1-31-24-26-35(27-25-31)50(2)39-22-11-9-20-37(39)48(57)56-44-40(51-49(50)56)28-29-42-43(44)38-21-10-12-23-41(38)55(42)36-19-13-18-34(30-36)47-53-45(32-14-5-3-6-15-32)52-46(54-47)33-16-7-4-8-17-33/h3-30,38,41H,1-2H3. The summed E-state index contributed by atoms with van der Waals surface area (Å²) in [5, 5.41) is 0. The van der Waals surface area contributed by atoms with Gasteiger partial charge >= 0.3 is 0 Å². The van der Waals surface area contributed by atoms with Crippen LogP contribution >= 0.6 is 0 Å². The van der Waals surface area contributed by atoms with Crippen molar-refractivity contribution in [1.82, 2.24) is 24.5 Å². The van der Waals surface area contributed by atoms with Gasteiger partial charge in [-0.2, -0.15) is 0 Å². The number of nitrogens with zero attached hydrogens (tertiary/aromatic N) is 6. The van der Waals surface area contributed by atoms with Crippen molar-refractivity contribution in [2.45, 2.75) is 31.2 Å². The van der Waals surface area contributed by atoms with Crippen molar-refractivity contribution in [3.63, 3.8) is 0 Å². The molecule has 272 valence electrons. The molecule has 3 aliphatic rings. The molecule has 0 radical (unpaired) electrons. The number of benzene rings is 6. The van der Waals surface area contributed by atoms with E-state index in [4.69, 9.17) is 19.9 Å². The molecular weight excluding hydrogens is 701 g/mol. The Balaban J connectivity index is 1.09. The first-order chi connectivity index (χ1) is 28.0. The van der Waals surface area contributed by atoms with Gasteiger partial charge in [0.2, 0.25) is 0 Å². The van der Waals surface area contributed by atoms with Crippen molar-refractivity contribution in [2.24, 2.45) is 0 Å². The van der Waals surface area contributed by atoms with E-state index in [-0.39, 0.29) is 17.9 Å². The average molecular weight is 737 g/mol. The summed E-state index contributed by atoms with van der Waals surface area (Å²) in [5.74, 6) is 2.51. The third kappa shape index (κ3) is 5.02. The zero-order valence-corrected chi connectivity index (χ0v) is 31.4. The van der Waals surface area contributed by atoms with E-state index in [0.717, 1.165) is 61.6 Å². The van der Waals surface area contributed by atoms with Gasteiger partial charge in [0, 0.05) is 45.1 Å². The van der Waals surface area contributed by atoms with Crippen molar-refractivity contribution >= 4 is 28.3 Å². The van der Waals surface area contributed by atoms with Crippen LogP contribution in [-0.2, 0) is 5.41 Å². The number of rotatable bonds is 5. The van der Waals surface area contributed by atoms with Gasteiger partial charge in [0.1, 0.15) is 5.82 Å². The van der Waals surface area contributed by atoms with Gasteiger partial charge in [-0.3, -0.25) is 9.36 Å². The second-order valence-electron chi connectivity index (χ2n) is 15.2. The SMILES string of the molecule is Cc1ccc(C2(C)c3ccccc3C(=O)n3c2nc2ccc4c(c23)C2C=CC=CC2N4c2cccc(-c3nc(-c4ccccc4)nc(-c4ccccc4)n3)c2)cc1. The molecule has 7 nitrogen and oxygen atoms in total. The molecule has 0 amide bonds. The van der Waals surface area contributed by atoms with Crippen LogP contribution in [0.3, 0.4) is 0 Å². The van der Waals surface area contributed by atoms with Crippen molar-refractivity contribution in [2.75, 3.05) is 4.90 Å². The predicted molar refractivity (Wildman–Crippen MR) is 226 cm³/mol. The minimum atomic E-state index is -0.653. The van der Waals surface area contributed by atoms with Gasteiger partial charge in [0.25, 0.3) is 5.91 Å². The number of carbonyl (C=O) groups excluding carboxylic acids is 1. The van der Waals surface area contributed by atoms with Gasteiger partial charge in [-0.1, -0.05) is 145 Å². The molecule has 0 saturated carbocycles. The van der Waals surface area contributed by atoms with Crippen molar-refractivity contribution in [3.8, 4) is 34.2 Å². The molecule has 8 aromatic rings. The Hall–Kier alpha value is -7.25. The number of imidazole rings is 1. The first kappa shape index (κ1) is 33.1. The van der Waals surface area contributed by atoms with Crippen molar-refractivity contribution in [1.29, 1.82) is 0 Å². The number of carbonyl (C=O) groups is 1. The zero-order chi connectivity index (χ0) is 38.3. The van der Waals surface area contributed by atoms with Crippen molar-refractivity contribution in [3.05, 3.63) is 204 Å². The normalized spacial score (nSPS) is 19.0. The number of aromatic nitrogens is 5. The molecule has 1 aliphatic carbocycles. The molecule has 7 heteroatoms. The van der Waals surface area contributed by atoms with Crippen LogP contribution in [0.5, 0.6) is 0 Å². The van der Waals surface area contributed by atoms with Gasteiger partial charge in [0.15, 0.2) is 17.5 Å². The summed E-state index contributed by atoms with van der Waals surface area (Å²) in [6.45, 7) is 4.30. The van der Waals surface area contributed by atoms with Crippen LogP contribution in [0.1, 0.15) is 51.3 Å². The highest BCUT2D eigenvalue weighted by atomic mass is 16.2. The zero-order valence-electron chi connectivity index (χ0n) is 31.4. The summed E-state index contributed by atoms with van der Waals surface area (Å²) in [4.78, 5) is 37.5. The lowest BCUT2D eigenvalue weighted by Crippen LogP contribution is -2.38. The molecule has 0 bridgehead atoms. The van der Waals surface area contributed by atoms with Crippen LogP contribution < -0.4 is 4.90 Å². The molecule has 57 heavy (non-hydrogen) atoms. The molecule has 11 rings (SSSR count). The largest absolute Gasteiger partial charge is 0.333 e. The fraction of sp³-hybridized carbons (Fsp3) is 0.100. The quantitative estimate of drug-likeness (QED) is 0.175. The fourth-order valence-electron chi connectivity index (χ4n) is 9.08. The Morgan fingerprint density at radius 1 is 0.614 bits per heavy atom. The minimum absolute atomic E-state index is 0.0136. The van der Waals surface area contributed by atoms with Crippen LogP contribution in [0, 0.1) is 6.92 Å². The molecule has 4 heterocycles. The summed E-state index contributed by atoms with van der Waals surface area (Å²) in [7, 11) is 0. The lowest BCUT2D eigenvalue weighted by Gasteiger charge is -2.36. The second-order valence-corrected chi connectivity index (χ2v) is 15.2. The Bertz CT molecular complexity index is 2910. The molecular formula is C50H36N6O. The molecule has 3 atom stereocenters. The maximum atomic E-state index is 14.8. The third-order valence-electron chi connectivity index (χ3n) is 11.9. The maximum Gasteiger partial charge on any atom is 0.264 e. The summed E-state index contributed by atoms with van der Waals surface area (Å²) < 4.78 is 1.92. The highest BCUT2D eigenvalue weighted by Gasteiger charge is 2.47. The van der Waals surface area contributed by atoms with Gasteiger partial charge < -0.3 is 4.90 Å². The number of hydrogen-bond donors (Lipinski definition) is 0. The summed E-state index contributed by atoms with van der Waals surface area (Å²) in [6.07, 6.45) is 8.75. The number of allylic oxidation sites excluding steroid dienone is 2. The number of anilines is 2. The molecule has 0 fully saturated rings. The topological polar surface area (TPSA) is 76.8 Å². The molecule has 0 spiro atoms. The van der Waals surface area contributed by atoms with E-state index in [1.54, 1.807) is 0 Å². The highest BCUT2D eigenvalue weighted by Crippen LogP contribution is 2.53. The van der Waals surface area contributed by atoms with Crippen LogP contribution in [0.2, 0.25) is 0 Å². The minimum Gasteiger partial charge on any atom is -0.333 e. The van der Waals surface area contributed by atoms with E-state index in [9.17, 15) is 4.79 Å². The third-order valence-corrected chi connectivity index (χ3v) is 11.9. The number of aryl methyl sites for hydroxylation is 1. The predicted octanol–water partition coefficient (Wildman–Crippen LogP) is 10.6. The van der Waals surface area contributed by atoms with Gasteiger partial charge in [-0.05, 0) is 55.3 Å². The van der Waals surface area contributed by atoms with Crippen LogP contribution in [-0.4, -0.2) is 36.5 Å². The monoisotopic (exact) mass is 736 g/mol. The molecule has 2 aliphatic heterocycles. The van der Waals surface area contributed by atoms with E-state index >= 15 is 0 Å². The van der Waals surface area contributed by atoms with Gasteiger partial charge in [-0.25, -0.2) is 19.9 Å². The second kappa shape index (κ2) is 12.6. The first-order valence-corrected chi connectivity index (χ1v) is 19.4. The van der Waals surface area contributed by atoms with E-state index in [2.05, 4.69) is 110 Å². The number of hydrogen-bond acceptors (Lipinski definition) is 6. The molecule has 0 N–H and O–H groups in total. The molecule has 6 aromatic carbocycles. The van der Waals surface area contributed by atoms with E-state index in [1.165, 1.54) is 5.56 Å². The van der Waals surface area contributed by atoms with E-state index < -0.39 is 5.41 Å². The fourth-order valence-corrected chi connectivity index (χ4v) is 9.08. The Morgan fingerprint density at radius 3 is 1.96 bits per heavy atom. The van der Waals surface area contributed by atoms with Gasteiger partial charge in [0.05, 0.1) is 22.5 Å².